The molecule has 0 aliphatic heterocycles. The second kappa shape index (κ2) is 8.10. The molecule has 0 aromatic heterocycles. The third-order valence-electron chi connectivity index (χ3n) is 3.59. The van der Waals surface area contributed by atoms with Crippen LogP contribution in [-0.2, 0) is 9.53 Å². The number of ether oxygens (including phenoxy) is 1. The molecule has 0 fully saturated rings. The second-order valence-corrected chi connectivity index (χ2v) is 5.60. The molecular weight excluding hydrogens is 320 g/mol. The average Bonchev–Trinajstić information content (AvgIpc) is 2.59. The van der Waals surface area contributed by atoms with Crippen molar-refractivity contribution in [3.63, 3.8) is 0 Å². The lowest BCUT2D eigenvalue weighted by molar-refractivity contribution is -0.119. The third-order valence-corrected chi connectivity index (χ3v) is 3.59. The van der Waals surface area contributed by atoms with E-state index in [2.05, 4.69) is 10.6 Å². The summed E-state index contributed by atoms with van der Waals surface area (Å²) in [6.07, 6.45) is 0. The monoisotopic (exact) mass is 340 g/mol. The van der Waals surface area contributed by atoms with Crippen LogP contribution in [0.2, 0.25) is 0 Å². The molecule has 0 bridgehead atoms. The molecule has 0 unspecified atom stereocenters. The van der Waals surface area contributed by atoms with Crippen LogP contribution < -0.4 is 10.6 Å². The largest absolute Gasteiger partial charge is 0.452 e. The molecule has 6 nitrogen and oxygen atoms in total. The molecule has 2 N–H and O–H groups in total. The van der Waals surface area contributed by atoms with Gasteiger partial charge >= 0.3 is 5.97 Å². The molecule has 2 rings (SSSR count). The predicted octanol–water partition coefficient (Wildman–Crippen LogP) is 2.46. The van der Waals surface area contributed by atoms with Crippen LogP contribution in [0.25, 0.3) is 0 Å². The molecule has 2 aromatic rings. The summed E-state index contributed by atoms with van der Waals surface area (Å²) in [5, 5.41) is 5.12. The lowest BCUT2D eigenvalue weighted by Crippen LogP contribution is -2.21. The number of carbonyl (C=O) groups is 3. The summed E-state index contributed by atoms with van der Waals surface area (Å²) < 4.78 is 5.05. The number of anilines is 1. The van der Waals surface area contributed by atoms with Crippen molar-refractivity contribution in [1.82, 2.24) is 5.32 Å². The lowest BCUT2D eigenvalue weighted by Gasteiger charge is -2.09. The highest BCUT2D eigenvalue weighted by molar-refractivity contribution is 5.97. The second-order valence-electron chi connectivity index (χ2n) is 5.60. The summed E-state index contributed by atoms with van der Waals surface area (Å²) in [7, 11) is 1.54. The van der Waals surface area contributed by atoms with E-state index in [1.54, 1.807) is 37.4 Å². The first-order valence-corrected chi connectivity index (χ1v) is 7.77. The van der Waals surface area contributed by atoms with E-state index in [0.717, 1.165) is 11.1 Å². The van der Waals surface area contributed by atoms with Crippen molar-refractivity contribution in [1.29, 1.82) is 0 Å². The first-order chi connectivity index (χ1) is 11.9. The summed E-state index contributed by atoms with van der Waals surface area (Å²) in [5.41, 5.74) is 3.29. The minimum atomic E-state index is -0.539. The van der Waals surface area contributed by atoms with Crippen LogP contribution in [0.15, 0.2) is 42.5 Å². The van der Waals surface area contributed by atoms with Crippen LogP contribution in [0.4, 0.5) is 5.69 Å². The van der Waals surface area contributed by atoms with Gasteiger partial charge in [0.05, 0.1) is 5.56 Å². The molecule has 0 heterocycles. The number of carbonyl (C=O) groups excluding carboxylic acids is 3. The Morgan fingerprint density at radius 2 is 1.68 bits per heavy atom. The van der Waals surface area contributed by atoms with Gasteiger partial charge < -0.3 is 15.4 Å². The number of rotatable bonds is 5. The van der Waals surface area contributed by atoms with E-state index in [0.29, 0.717) is 16.8 Å². The van der Waals surface area contributed by atoms with E-state index in [1.165, 1.54) is 0 Å². The van der Waals surface area contributed by atoms with Crippen molar-refractivity contribution in [3.05, 3.63) is 64.7 Å². The zero-order chi connectivity index (χ0) is 18.4. The van der Waals surface area contributed by atoms with Gasteiger partial charge in [-0.15, -0.1) is 0 Å². The molecule has 0 saturated heterocycles. The van der Waals surface area contributed by atoms with Crippen LogP contribution in [0, 0.1) is 13.8 Å². The van der Waals surface area contributed by atoms with Gasteiger partial charge in [-0.1, -0.05) is 17.7 Å². The van der Waals surface area contributed by atoms with Crippen LogP contribution in [0.3, 0.4) is 0 Å². The van der Waals surface area contributed by atoms with E-state index in [9.17, 15) is 14.4 Å². The van der Waals surface area contributed by atoms with Crippen LogP contribution in [0.5, 0.6) is 0 Å². The molecule has 0 saturated carbocycles. The Kier molecular flexibility index (Phi) is 5.89. The number of hydrogen-bond donors (Lipinski definition) is 2. The molecule has 130 valence electrons. The Hall–Kier alpha value is -3.15. The first-order valence-electron chi connectivity index (χ1n) is 7.77. The molecule has 0 aliphatic rings. The predicted molar refractivity (Wildman–Crippen MR) is 94.7 cm³/mol. The Balaban J connectivity index is 1.90. The number of amides is 2. The van der Waals surface area contributed by atoms with Gasteiger partial charge in [0, 0.05) is 18.3 Å². The fraction of sp³-hybridized carbons (Fsp3) is 0.211. The number of benzene rings is 2. The summed E-state index contributed by atoms with van der Waals surface area (Å²) in [6.45, 7) is 3.37. The number of esters is 1. The van der Waals surface area contributed by atoms with Crippen molar-refractivity contribution < 1.29 is 19.1 Å². The average molecular weight is 340 g/mol. The van der Waals surface area contributed by atoms with E-state index in [-0.39, 0.29) is 12.5 Å². The number of aryl methyl sites for hydroxylation is 2. The van der Waals surface area contributed by atoms with Crippen LogP contribution in [-0.4, -0.2) is 31.4 Å². The zero-order valence-electron chi connectivity index (χ0n) is 14.4. The maximum absolute atomic E-state index is 12.0. The van der Waals surface area contributed by atoms with Crippen molar-refractivity contribution >= 4 is 23.5 Å². The van der Waals surface area contributed by atoms with Gasteiger partial charge in [0.1, 0.15) is 0 Å². The third kappa shape index (κ3) is 4.91. The zero-order valence-corrected chi connectivity index (χ0v) is 14.4. The van der Waals surface area contributed by atoms with Crippen molar-refractivity contribution in [2.24, 2.45) is 0 Å². The minimum absolute atomic E-state index is 0.208. The highest BCUT2D eigenvalue weighted by atomic mass is 16.5. The fourth-order valence-corrected chi connectivity index (χ4v) is 2.30. The summed E-state index contributed by atoms with van der Waals surface area (Å²) in [6, 6.07) is 11.8. The quantitative estimate of drug-likeness (QED) is 0.819. The molecule has 0 aliphatic carbocycles. The van der Waals surface area contributed by atoms with Crippen molar-refractivity contribution in [2.75, 3.05) is 19.0 Å². The van der Waals surface area contributed by atoms with Crippen LogP contribution in [0.1, 0.15) is 31.8 Å². The fourth-order valence-electron chi connectivity index (χ4n) is 2.30. The first kappa shape index (κ1) is 18.2. The normalized spacial score (nSPS) is 10.0. The minimum Gasteiger partial charge on any atom is -0.452 e. The Morgan fingerprint density at radius 3 is 2.28 bits per heavy atom. The highest BCUT2D eigenvalue weighted by Crippen LogP contribution is 2.12. The Bertz CT molecular complexity index is 798. The van der Waals surface area contributed by atoms with Crippen LogP contribution >= 0.6 is 0 Å². The smallest absolute Gasteiger partial charge is 0.338 e. The van der Waals surface area contributed by atoms with Crippen molar-refractivity contribution in [2.45, 2.75) is 13.8 Å². The van der Waals surface area contributed by atoms with Gasteiger partial charge in [-0.25, -0.2) is 4.79 Å². The Labute approximate surface area is 146 Å². The van der Waals surface area contributed by atoms with Gasteiger partial charge in [0.15, 0.2) is 6.61 Å². The standard InChI is InChI=1S/C19H20N2O4/c1-12-4-9-16(13(2)10-12)19(24)25-11-17(22)21-15-7-5-14(6-8-15)18(23)20-3/h4-10H,11H2,1-3H3,(H,20,23)(H,21,22). The summed E-state index contributed by atoms with van der Waals surface area (Å²) in [5.74, 6) is -1.20. The maximum Gasteiger partial charge on any atom is 0.338 e. The molecule has 2 aromatic carbocycles. The highest BCUT2D eigenvalue weighted by Gasteiger charge is 2.13. The molecule has 0 atom stereocenters. The lowest BCUT2D eigenvalue weighted by atomic mass is 10.1. The number of hydrogen-bond acceptors (Lipinski definition) is 4. The summed E-state index contributed by atoms with van der Waals surface area (Å²) in [4.78, 5) is 35.4. The number of nitrogens with one attached hydrogen (secondary N) is 2. The molecule has 2 amide bonds. The van der Waals surface area contributed by atoms with Gasteiger partial charge in [0.2, 0.25) is 0 Å². The van der Waals surface area contributed by atoms with E-state index >= 15 is 0 Å². The van der Waals surface area contributed by atoms with Gasteiger partial charge in [-0.05, 0) is 49.7 Å². The van der Waals surface area contributed by atoms with E-state index in [1.807, 2.05) is 26.0 Å². The molecule has 0 spiro atoms. The van der Waals surface area contributed by atoms with Gasteiger partial charge in [-0.3, -0.25) is 9.59 Å². The molecule has 6 heteroatoms. The molecular formula is C19H20N2O4. The molecule has 25 heavy (non-hydrogen) atoms. The van der Waals surface area contributed by atoms with E-state index in [4.69, 9.17) is 4.74 Å². The SMILES string of the molecule is CNC(=O)c1ccc(NC(=O)COC(=O)c2ccc(C)cc2C)cc1. The topological polar surface area (TPSA) is 84.5 Å². The van der Waals surface area contributed by atoms with Crippen molar-refractivity contribution in [3.8, 4) is 0 Å². The van der Waals surface area contributed by atoms with Gasteiger partial charge in [0.25, 0.3) is 11.8 Å². The molecule has 0 radical (unpaired) electrons. The van der Waals surface area contributed by atoms with Gasteiger partial charge in [-0.2, -0.15) is 0 Å². The Morgan fingerprint density at radius 1 is 1.00 bits per heavy atom. The van der Waals surface area contributed by atoms with E-state index < -0.39 is 11.9 Å². The maximum atomic E-state index is 12.0. The summed E-state index contributed by atoms with van der Waals surface area (Å²) >= 11 is 0.